The van der Waals surface area contributed by atoms with E-state index in [1.807, 2.05) is 26.8 Å². The molecule has 2 rings (SSSR count). The van der Waals surface area contributed by atoms with Gasteiger partial charge in [0.1, 0.15) is 5.75 Å². The number of hydrogen-bond acceptors (Lipinski definition) is 3. The third-order valence-electron chi connectivity index (χ3n) is 4.36. The molecule has 1 aliphatic heterocycles. The van der Waals surface area contributed by atoms with Gasteiger partial charge in [-0.05, 0) is 63.9 Å². The van der Waals surface area contributed by atoms with Crippen molar-refractivity contribution in [2.75, 3.05) is 26.2 Å². The van der Waals surface area contributed by atoms with Crippen LogP contribution in [0.15, 0.2) is 12.1 Å². The lowest BCUT2D eigenvalue weighted by Gasteiger charge is -2.20. The lowest BCUT2D eigenvalue weighted by molar-refractivity contribution is 0.0961. The molecule has 0 unspecified atom stereocenters. The van der Waals surface area contributed by atoms with Gasteiger partial charge in [0.05, 0.1) is 12.2 Å². The van der Waals surface area contributed by atoms with Crippen LogP contribution in [0, 0.1) is 13.8 Å². The van der Waals surface area contributed by atoms with Crippen LogP contribution in [0.2, 0.25) is 0 Å². The first kappa shape index (κ1) is 17.0. The van der Waals surface area contributed by atoms with E-state index in [4.69, 9.17) is 4.74 Å². The summed E-state index contributed by atoms with van der Waals surface area (Å²) in [6.45, 7) is 9.76. The van der Waals surface area contributed by atoms with Gasteiger partial charge in [0.15, 0.2) is 5.78 Å². The number of hydrogen-bond donors (Lipinski definition) is 0. The second-order valence-corrected chi connectivity index (χ2v) is 6.32. The summed E-state index contributed by atoms with van der Waals surface area (Å²) in [6.07, 6.45) is 5.78. The van der Waals surface area contributed by atoms with Gasteiger partial charge in [-0.15, -0.1) is 0 Å². The number of Topliss-reactive ketones (excluding diaryl/α,β-unsaturated/α-hetero) is 1. The molecule has 1 heterocycles. The molecule has 0 amide bonds. The molecule has 0 aromatic heterocycles. The van der Waals surface area contributed by atoms with Gasteiger partial charge < -0.3 is 9.64 Å². The van der Waals surface area contributed by atoms with E-state index in [1.165, 1.54) is 25.7 Å². The summed E-state index contributed by atoms with van der Waals surface area (Å²) in [7, 11) is 0. The fourth-order valence-corrected chi connectivity index (χ4v) is 3.25. The third kappa shape index (κ3) is 4.57. The minimum Gasteiger partial charge on any atom is -0.493 e. The van der Waals surface area contributed by atoms with Crippen LogP contribution in [-0.4, -0.2) is 36.9 Å². The van der Waals surface area contributed by atoms with E-state index in [0.717, 1.165) is 42.1 Å². The van der Waals surface area contributed by atoms with E-state index >= 15 is 0 Å². The van der Waals surface area contributed by atoms with Gasteiger partial charge >= 0.3 is 0 Å². The standard InChI is InChI=1S/C19H29NO2/c1-4-22-19-16(3)13-15(2)14-17(19)18(21)9-12-20-10-7-5-6-8-11-20/h13-14H,4-12H2,1-3H3. The summed E-state index contributed by atoms with van der Waals surface area (Å²) in [5, 5.41) is 0. The summed E-state index contributed by atoms with van der Waals surface area (Å²) in [4.78, 5) is 15.1. The molecule has 1 saturated heterocycles. The molecule has 0 radical (unpaired) electrons. The molecule has 1 fully saturated rings. The van der Waals surface area contributed by atoms with Gasteiger partial charge in [0.2, 0.25) is 0 Å². The predicted molar refractivity (Wildman–Crippen MR) is 90.9 cm³/mol. The van der Waals surface area contributed by atoms with E-state index in [-0.39, 0.29) is 5.78 Å². The van der Waals surface area contributed by atoms with Crippen LogP contribution in [0.4, 0.5) is 0 Å². The summed E-state index contributed by atoms with van der Waals surface area (Å²) in [6, 6.07) is 4.05. The largest absolute Gasteiger partial charge is 0.493 e. The predicted octanol–water partition coefficient (Wildman–Crippen LogP) is 4.15. The van der Waals surface area contributed by atoms with Crippen molar-refractivity contribution in [2.24, 2.45) is 0 Å². The van der Waals surface area contributed by atoms with Crippen molar-refractivity contribution >= 4 is 5.78 Å². The molecular weight excluding hydrogens is 274 g/mol. The normalized spacial score (nSPS) is 16.3. The summed E-state index contributed by atoms with van der Waals surface area (Å²) >= 11 is 0. The fraction of sp³-hybridized carbons (Fsp3) is 0.632. The fourth-order valence-electron chi connectivity index (χ4n) is 3.25. The van der Waals surface area contributed by atoms with Crippen molar-refractivity contribution in [3.63, 3.8) is 0 Å². The van der Waals surface area contributed by atoms with Crippen molar-refractivity contribution in [2.45, 2.75) is 52.9 Å². The highest BCUT2D eigenvalue weighted by molar-refractivity contribution is 5.99. The molecule has 0 spiro atoms. The Morgan fingerprint density at radius 3 is 2.45 bits per heavy atom. The first-order valence-corrected chi connectivity index (χ1v) is 8.61. The monoisotopic (exact) mass is 303 g/mol. The highest BCUT2D eigenvalue weighted by Gasteiger charge is 2.17. The van der Waals surface area contributed by atoms with E-state index in [2.05, 4.69) is 11.0 Å². The van der Waals surface area contributed by atoms with Crippen molar-refractivity contribution < 1.29 is 9.53 Å². The summed E-state index contributed by atoms with van der Waals surface area (Å²) in [5.74, 6) is 0.980. The van der Waals surface area contributed by atoms with Crippen LogP contribution >= 0.6 is 0 Å². The van der Waals surface area contributed by atoms with Crippen LogP contribution in [0.1, 0.15) is 60.5 Å². The number of carbonyl (C=O) groups is 1. The number of benzene rings is 1. The number of likely N-dealkylation sites (tertiary alicyclic amines) is 1. The minimum atomic E-state index is 0.208. The molecular formula is C19H29NO2. The molecule has 0 aliphatic carbocycles. The van der Waals surface area contributed by atoms with Crippen LogP contribution < -0.4 is 4.74 Å². The van der Waals surface area contributed by atoms with Crippen LogP contribution in [0.5, 0.6) is 5.75 Å². The molecule has 3 nitrogen and oxygen atoms in total. The van der Waals surface area contributed by atoms with Crippen molar-refractivity contribution in [1.29, 1.82) is 0 Å². The van der Waals surface area contributed by atoms with E-state index in [0.29, 0.717) is 13.0 Å². The molecule has 3 heteroatoms. The van der Waals surface area contributed by atoms with E-state index in [1.54, 1.807) is 0 Å². The molecule has 1 aliphatic rings. The molecule has 22 heavy (non-hydrogen) atoms. The Morgan fingerprint density at radius 1 is 1.14 bits per heavy atom. The smallest absolute Gasteiger partial charge is 0.167 e. The number of rotatable bonds is 6. The maximum Gasteiger partial charge on any atom is 0.167 e. The Bertz CT molecular complexity index is 502. The zero-order valence-corrected chi connectivity index (χ0v) is 14.3. The third-order valence-corrected chi connectivity index (χ3v) is 4.36. The highest BCUT2D eigenvalue weighted by atomic mass is 16.5. The first-order valence-electron chi connectivity index (χ1n) is 8.61. The maximum atomic E-state index is 12.7. The minimum absolute atomic E-state index is 0.208. The van der Waals surface area contributed by atoms with Crippen LogP contribution in [0.25, 0.3) is 0 Å². The molecule has 122 valence electrons. The summed E-state index contributed by atoms with van der Waals surface area (Å²) < 4.78 is 5.72. The lowest BCUT2D eigenvalue weighted by atomic mass is 10.0. The SMILES string of the molecule is CCOc1c(C)cc(C)cc1C(=O)CCN1CCCCCC1. The number of ketones is 1. The topological polar surface area (TPSA) is 29.5 Å². The van der Waals surface area contributed by atoms with Gasteiger partial charge in [0.25, 0.3) is 0 Å². The number of aryl methyl sites for hydroxylation is 2. The zero-order chi connectivity index (χ0) is 15.9. The van der Waals surface area contributed by atoms with Crippen LogP contribution in [0.3, 0.4) is 0 Å². The maximum absolute atomic E-state index is 12.7. The second kappa shape index (κ2) is 8.33. The Hall–Kier alpha value is -1.35. The average Bonchev–Trinajstić information content (AvgIpc) is 2.76. The Labute approximate surface area is 134 Å². The van der Waals surface area contributed by atoms with Gasteiger partial charge in [0, 0.05) is 13.0 Å². The first-order chi connectivity index (χ1) is 10.6. The average molecular weight is 303 g/mol. The van der Waals surface area contributed by atoms with Crippen molar-refractivity contribution in [3.05, 3.63) is 28.8 Å². The number of nitrogens with zero attached hydrogens (tertiary/aromatic N) is 1. The number of ether oxygens (including phenoxy) is 1. The second-order valence-electron chi connectivity index (χ2n) is 6.32. The molecule has 0 atom stereocenters. The van der Waals surface area contributed by atoms with Crippen molar-refractivity contribution in [3.8, 4) is 5.75 Å². The van der Waals surface area contributed by atoms with Crippen LogP contribution in [-0.2, 0) is 0 Å². The molecule has 1 aromatic rings. The highest BCUT2D eigenvalue weighted by Crippen LogP contribution is 2.27. The van der Waals surface area contributed by atoms with Gasteiger partial charge in [-0.25, -0.2) is 0 Å². The van der Waals surface area contributed by atoms with Gasteiger partial charge in [-0.1, -0.05) is 18.9 Å². The van der Waals surface area contributed by atoms with Gasteiger partial charge in [-0.2, -0.15) is 0 Å². The molecule has 1 aromatic carbocycles. The zero-order valence-electron chi connectivity index (χ0n) is 14.3. The number of carbonyl (C=O) groups excluding carboxylic acids is 1. The molecule has 0 saturated carbocycles. The Balaban J connectivity index is 2.05. The Kier molecular flexibility index (Phi) is 6.44. The van der Waals surface area contributed by atoms with Gasteiger partial charge in [-0.3, -0.25) is 4.79 Å². The molecule has 0 bridgehead atoms. The summed E-state index contributed by atoms with van der Waals surface area (Å²) in [5.41, 5.74) is 2.94. The Morgan fingerprint density at radius 2 is 1.82 bits per heavy atom. The van der Waals surface area contributed by atoms with Crippen molar-refractivity contribution in [1.82, 2.24) is 4.90 Å². The van der Waals surface area contributed by atoms with E-state index in [9.17, 15) is 4.79 Å². The quantitative estimate of drug-likeness (QED) is 0.739. The molecule has 0 N–H and O–H groups in total. The van der Waals surface area contributed by atoms with E-state index < -0.39 is 0 Å². The lowest BCUT2D eigenvalue weighted by Crippen LogP contribution is -2.27.